The molecule has 0 amide bonds. The van der Waals surface area contributed by atoms with Gasteiger partial charge in [0.1, 0.15) is 12.1 Å². The molecule has 7 heteroatoms. The smallest absolute Gasteiger partial charge is 0.338 e. The summed E-state index contributed by atoms with van der Waals surface area (Å²) >= 11 is 1.85. The highest BCUT2D eigenvalue weighted by Gasteiger charge is 2.43. The fourth-order valence-electron chi connectivity index (χ4n) is 4.42. The molecular formula is C26H30N4O2S. The quantitative estimate of drug-likeness (QED) is 0.453. The fraction of sp³-hybridized carbons (Fsp3) is 0.385. The minimum absolute atomic E-state index is 0.268. The summed E-state index contributed by atoms with van der Waals surface area (Å²) in [5, 5.41) is 4.73. The topological polar surface area (TPSA) is 69.7 Å². The lowest BCUT2D eigenvalue weighted by Gasteiger charge is -2.17. The van der Waals surface area contributed by atoms with E-state index in [1.165, 1.54) is 20.5 Å². The number of rotatable bonds is 10. The van der Waals surface area contributed by atoms with Gasteiger partial charge in [0.2, 0.25) is 0 Å². The number of aromatic amines is 1. The predicted octanol–water partition coefficient (Wildman–Crippen LogP) is 3.41. The van der Waals surface area contributed by atoms with Crippen molar-refractivity contribution in [1.29, 1.82) is 0 Å². The summed E-state index contributed by atoms with van der Waals surface area (Å²) in [5.74, 6) is 0.308. The van der Waals surface area contributed by atoms with E-state index in [2.05, 4.69) is 47.2 Å². The van der Waals surface area contributed by atoms with Crippen LogP contribution in [0.3, 0.4) is 0 Å². The number of fused-ring (bicyclic) bond motifs is 2. The van der Waals surface area contributed by atoms with Crippen LogP contribution >= 0.6 is 11.3 Å². The number of anilines is 1. The Bertz CT molecular complexity index is 1240. The van der Waals surface area contributed by atoms with E-state index < -0.39 is 0 Å². The minimum Gasteiger partial charge on any atom is -0.461 e. The van der Waals surface area contributed by atoms with E-state index >= 15 is 0 Å². The van der Waals surface area contributed by atoms with Gasteiger partial charge in [-0.2, -0.15) is 0 Å². The number of carbonyl (C=O) groups is 1. The van der Waals surface area contributed by atoms with Crippen LogP contribution in [-0.2, 0) is 11.3 Å². The lowest BCUT2D eigenvalue weighted by molar-refractivity contribution is 0.0466. The van der Waals surface area contributed by atoms with Crippen molar-refractivity contribution >= 4 is 28.6 Å². The van der Waals surface area contributed by atoms with Gasteiger partial charge in [0, 0.05) is 45.9 Å². The Hall–Kier alpha value is -2.90. The van der Waals surface area contributed by atoms with Crippen molar-refractivity contribution in [1.82, 2.24) is 9.88 Å². The maximum absolute atomic E-state index is 12.3. The first-order valence-electron chi connectivity index (χ1n) is 11.7. The van der Waals surface area contributed by atoms with E-state index in [4.69, 9.17) is 9.73 Å². The van der Waals surface area contributed by atoms with Gasteiger partial charge in [0.15, 0.2) is 0 Å². The molecule has 1 aromatic carbocycles. The Morgan fingerprint density at radius 1 is 1.18 bits per heavy atom. The summed E-state index contributed by atoms with van der Waals surface area (Å²) in [7, 11) is 0. The van der Waals surface area contributed by atoms with Crippen LogP contribution in [0.2, 0.25) is 0 Å². The largest absolute Gasteiger partial charge is 0.461 e. The number of thiophene rings is 1. The molecule has 2 aliphatic rings. The van der Waals surface area contributed by atoms with Gasteiger partial charge in [-0.25, -0.2) is 4.79 Å². The van der Waals surface area contributed by atoms with Crippen LogP contribution in [0.4, 0.5) is 5.69 Å². The number of aromatic nitrogens is 1. The molecule has 0 radical (unpaired) electrons. The fourth-order valence-corrected chi connectivity index (χ4v) is 5.49. The van der Waals surface area contributed by atoms with Crippen LogP contribution in [0.25, 0.3) is 5.57 Å². The molecule has 2 aromatic heterocycles. The molecule has 1 fully saturated rings. The first-order chi connectivity index (χ1) is 16.2. The molecule has 172 valence electrons. The maximum Gasteiger partial charge on any atom is 0.338 e. The van der Waals surface area contributed by atoms with Gasteiger partial charge in [-0.05, 0) is 67.5 Å². The molecule has 3 aromatic rings. The molecular weight excluding hydrogens is 432 g/mol. The van der Waals surface area contributed by atoms with Gasteiger partial charge in [-0.3, -0.25) is 4.99 Å². The third kappa shape index (κ3) is 4.75. The van der Waals surface area contributed by atoms with Crippen LogP contribution < -0.4 is 16.0 Å². The van der Waals surface area contributed by atoms with Crippen molar-refractivity contribution in [2.24, 2.45) is 10.9 Å². The number of nitrogens with zero attached hydrogens (tertiary/aromatic N) is 2. The maximum atomic E-state index is 12.3. The van der Waals surface area contributed by atoms with Crippen LogP contribution in [0.15, 0.2) is 53.7 Å². The second-order valence-corrected chi connectivity index (χ2v) is 9.72. The number of hydrogen-bond donors (Lipinski definition) is 2. The van der Waals surface area contributed by atoms with Gasteiger partial charge in [0.05, 0.1) is 11.6 Å². The summed E-state index contributed by atoms with van der Waals surface area (Å²) in [6, 6.07) is 14.6. The first kappa shape index (κ1) is 21.9. The Morgan fingerprint density at radius 3 is 2.79 bits per heavy atom. The van der Waals surface area contributed by atoms with Crippen LogP contribution in [0, 0.1) is 5.92 Å². The molecule has 2 atom stereocenters. The number of likely N-dealkylation sites (N-methyl/N-ethyl adjacent to an activating group) is 1. The minimum atomic E-state index is -0.268. The zero-order chi connectivity index (χ0) is 22.8. The van der Waals surface area contributed by atoms with E-state index in [9.17, 15) is 4.79 Å². The SMILES string of the molecule is CCN(CC)CCOC(=O)c1ccc(NCc2ccc(C3=c4cc[nH]c4=NC4CC34)s2)cc1. The summed E-state index contributed by atoms with van der Waals surface area (Å²) in [6.07, 6.45) is 3.15. The van der Waals surface area contributed by atoms with Gasteiger partial charge in [-0.15, -0.1) is 11.3 Å². The average Bonchev–Trinajstić information content (AvgIpc) is 3.21. The summed E-state index contributed by atoms with van der Waals surface area (Å²) in [5.41, 5.74) is 4.05. The van der Waals surface area contributed by atoms with Crippen LogP contribution in [0.5, 0.6) is 0 Å². The Morgan fingerprint density at radius 2 is 2.00 bits per heavy atom. The van der Waals surface area contributed by atoms with Crippen molar-refractivity contribution in [3.05, 3.63) is 74.7 Å². The molecule has 2 N–H and O–H groups in total. The summed E-state index contributed by atoms with van der Waals surface area (Å²) in [4.78, 5) is 25.2. The molecule has 0 spiro atoms. The third-order valence-corrected chi connectivity index (χ3v) is 7.61. The van der Waals surface area contributed by atoms with Gasteiger partial charge >= 0.3 is 5.97 Å². The summed E-state index contributed by atoms with van der Waals surface area (Å²) < 4.78 is 5.41. The molecule has 1 aliphatic heterocycles. The number of H-pyrrole nitrogens is 1. The van der Waals surface area contributed by atoms with E-state index in [-0.39, 0.29) is 5.97 Å². The van der Waals surface area contributed by atoms with E-state index in [1.807, 2.05) is 41.8 Å². The molecule has 6 nitrogen and oxygen atoms in total. The first-order valence-corrected chi connectivity index (χ1v) is 12.6. The van der Waals surface area contributed by atoms with E-state index in [0.29, 0.717) is 24.1 Å². The number of benzene rings is 1. The number of nitrogens with one attached hydrogen (secondary N) is 2. The predicted molar refractivity (Wildman–Crippen MR) is 132 cm³/mol. The van der Waals surface area contributed by atoms with Gasteiger partial charge in [0.25, 0.3) is 0 Å². The molecule has 2 unspecified atom stereocenters. The molecule has 0 saturated heterocycles. The highest BCUT2D eigenvalue weighted by Crippen LogP contribution is 2.45. The molecule has 0 bridgehead atoms. The highest BCUT2D eigenvalue weighted by molar-refractivity contribution is 7.13. The number of carbonyl (C=O) groups excluding carboxylic acids is 1. The summed E-state index contributed by atoms with van der Waals surface area (Å²) in [6.45, 7) is 8.08. The Kier molecular flexibility index (Phi) is 6.33. The normalized spacial score (nSPS) is 18.5. The number of esters is 1. The second kappa shape index (κ2) is 9.53. The van der Waals surface area contributed by atoms with Crippen LogP contribution in [0.1, 0.15) is 40.4 Å². The molecule has 33 heavy (non-hydrogen) atoms. The number of hydrogen-bond acceptors (Lipinski definition) is 6. The monoisotopic (exact) mass is 462 g/mol. The zero-order valence-electron chi connectivity index (χ0n) is 19.1. The van der Waals surface area contributed by atoms with E-state index in [0.717, 1.165) is 43.8 Å². The molecule has 1 aliphatic carbocycles. The van der Waals surface area contributed by atoms with Crippen molar-refractivity contribution in [3.63, 3.8) is 0 Å². The third-order valence-electron chi connectivity index (χ3n) is 6.49. The van der Waals surface area contributed by atoms with Gasteiger partial charge < -0.3 is 19.9 Å². The average molecular weight is 463 g/mol. The number of ether oxygens (including phenoxy) is 1. The Labute approximate surface area is 198 Å². The van der Waals surface area contributed by atoms with Crippen molar-refractivity contribution < 1.29 is 9.53 Å². The second-order valence-electron chi connectivity index (χ2n) is 8.55. The molecule has 1 saturated carbocycles. The highest BCUT2D eigenvalue weighted by atomic mass is 32.1. The molecule has 3 heterocycles. The lowest BCUT2D eigenvalue weighted by Crippen LogP contribution is -2.30. The standard InChI is InChI=1S/C26H30N4O2S/c1-3-30(4-2)13-14-32-26(31)17-5-7-18(8-6-17)28-16-19-9-10-23(33-19)24-20-11-12-27-25(20)29-22-15-21(22)24/h5-12,21-22,28H,3-4,13-16H2,1-2H3,(H,27,29). The van der Waals surface area contributed by atoms with Gasteiger partial charge in [-0.1, -0.05) is 13.8 Å². The van der Waals surface area contributed by atoms with Crippen molar-refractivity contribution in [3.8, 4) is 0 Å². The van der Waals surface area contributed by atoms with Crippen molar-refractivity contribution in [2.45, 2.75) is 32.9 Å². The molecule has 5 rings (SSSR count). The lowest BCUT2D eigenvalue weighted by atomic mass is 10.1. The van der Waals surface area contributed by atoms with Crippen LogP contribution in [-0.4, -0.2) is 48.1 Å². The Balaban J connectivity index is 1.17. The van der Waals surface area contributed by atoms with E-state index in [1.54, 1.807) is 0 Å². The zero-order valence-corrected chi connectivity index (χ0v) is 20.0. The van der Waals surface area contributed by atoms with Crippen molar-refractivity contribution in [2.75, 3.05) is 31.6 Å².